The lowest BCUT2D eigenvalue weighted by Crippen LogP contribution is -2.13. The summed E-state index contributed by atoms with van der Waals surface area (Å²) < 4.78 is 0. The van der Waals surface area contributed by atoms with Gasteiger partial charge in [0.2, 0.25) is 0 Å². The lowest BCUT2D eigenvalue weighted by atomic mass is 9.88. The monoisotopic (exact) mass is 766 g/mol. The molecule has 0 saturated carbocycles. The van der Waals surface area contributed by atoms with E-state index >= 15 is 0 Å². The molecule has 2 nitrogen and oxygen atoms in total. The van der Waals surface area contributed by atoms with E-state index in [9.17, 15) is 0 Å². The number of pyridine rings is 2. The lowest BCUT2D eigenvalue weighted by Gasteiger charge is -2.20. The molecule has 0 spiro atoms. The first-order valence-electron chi connectivity index (χ1n) is 18.8. The third kappa shape index (κ3) is 6.97. The molecule has 0 atom stereocenters. The van der Waals surface area contributed by atoms with Crippen molar-refractivity contribution in [2.24, 2.45) is 0 Å². The van der Waals surface area contributed by atoms with Crippen molar-refractivity contribution in [3.05, 3.63) is 156 Å². The van der Waals surface area contributed by atoms with Gasteiger partial charge in [-0.25, -0.2) is 4.98 Å². The Bertz CT molecular complexity index is 2830. The summed E-state index contributed by atoms with van der Waals surface area (Å²) in [4.78, 5) is 18.3. The summed E-state index contributed by atoms with van der Waals surface area (Å²) in [7, 11) is 0. The van der Waals surface area contributed by atoms with Gasteiger partial charge in [0.1, 0.15) is 0 Å². The Morgan fingerprint density at radius 2 is 0.855 bits per heavy atom. The second kappa shape index (κ2) is 13.8. The van der Waals surface area contributed by atoms with Gasteiger partial charge in [0.25, 0.3) is 0 Å². The van der Waals surface area contributed by atoms with Crippen LogP contribution in [0.25, 0.3) is 85.3 Å². The highest BCUT2D eigenvalue weighted by molar-refractivity contribution is 7.27. The van der Waals surface area contributed by atoms with Crippen molar-refractivity contribution in [2.45, 2.75) is 52.4 Å². The molecule has 0 aliphatic heterocycles. The van der Waals surface area contributed by atoms with Crippen LogP contribution in [0.3, 0.4) is 0 Å². The average Bonchev–Trinajstić information content (AvgIpc) is 3.99. The zero-order valence-corrected chi connectivity index (χ0v) is 34.4. The van der Waals surface area contributed by atoms with Crippen molar-refractivity contribution in [3.8, 4) is 63.5 Å². The van der Waals surface area contributed by atoms with Crippen LogP contribution < -0.4 is 0 Å². The smallest absolute Gasteiger partial charge is 0.0815 e. The predicted octanol–water partition coefficient (Wildman–Crippen LogP) is 15.6. The Balaban J connectivity index is 1.11. The zero-order chi connectivity index (χ0) is 37.9. The molecule has 0 amide bonds. The van der Waals surface area contributed by atoms with Gasteiger partial charge in [-0.1, -0.05) is 114 Å². The van der Waals surface area contributed by atoms with Crippen molar-refractivity contribution in [3.63, 3.8) is 0 Å². The van der Waals surface area contributed by atoms with E-state index in [2.05, 4.69) is 187 Å². The summed E-state index contributed by atoms with van der Waals surface area (Å²) in [6, 6.07) is 53.0. The van der Waals surface area contributed by atoms with Gasteiger partial charge >= 0.3 is 0 Å². The molecule has 0 N–H and O–H groups in total. The minimum Gasteiger partial charge on any atom is -0.252 e. The molecule has 270 valence electrons. The van der Waals surface area contributed by atoms with Crippen LogP contribution >= 0.6 is 34.0 Å². The van der Waals surface area contributed by atoms with Crippen molar-refractivity contribution in [1.82, 2.24) is 9.97 Å². The quantitative estimate of drug-likeness (QED) is 0.168. The summed E-state index contributed by atoms with van der Waals surface area (Å²) >= 11 is 5.60. The fraction of sp³-hybridized carbons (Fsp3) is 0.160. The Hall–Kier alpha value is -5.20. The van der Waals surface area contributed by atoms with E-state index in [1.54, 1.807) is 0 Å². The van der Waals surface area contributed by atoms with Gasteiger partial charge in [0, 0.05) is 46.3 Å². The van der Waals surface area contributed by atoms with Crippen molar-refractivity contribution in [2.75, 3.05) is 0 Å². The number of nitrogens with zero attached hydrogens (tertiary/aromatic N) is 2. The second-order valence-electron chi connectivity index (χ2n) is 16.3. The number of hydrogen-bond donors (Lipinski definition) is 0. The van der Waals surface area contributed by atoms with Crippen LogP contribution in [-0.2, 0) is 10.8 Å². The number of rotatable bonds is 6. The maximum Gasteiger partial charge on any atom is 0.0815 e. The molecule has 5 heteroatoms. The van der Waals surface area contributed by atoms with E-state index in [1.165, 1.54) is 51.5 Å². The van der Waals surface area contributed by atoms with Gasteiger partial charge in [-0.15, -0.1) is 34.0 Å². The number of benzene rings is 4. The molecule has 0 saturated heterocycles. The molecule has 5 aromatic heterocycles. The summed E-state index contributed by atoms with van der Waals surface area (Å²) in [5.41, 5.74) is 11.3. The van der Waals surface area contributed by atoms with Gasteiger partial charge in [-0.05, 0) is 112 Å². The highest BCUT2D eigenvalue weighted by Crippen LogP contribution is 2.44. The Labute approximate surface area is 335 Å². The van der Waals surface area contributed by atoms with Gasteiger partial charge in [-0.2, -0.15) is 0 Å². The molecule has 5 heterocycles. The summed E-state index contributed by atoms with van der Waals surface area (Å²) in [5, 5.41) is 2.30. The van der Waals surface area contributed by atoms with E-state index in [4.69, 9.17) is 9.97 Å². The summed E-state index contributed by atoms with van der Waals surface area (Å²) in [6.45, 7) is 13.5. The Morgan fingerprint density at radius 1 is 0.382 bits per heavy atom. The van der Waals surface area contributed by atoms with Crippen molar-refractivity contribution < 1.29 is 0 Å². The maximum absolute atomic E-state index is 5.29. The standard InChI is InChI=1S/C50H42N2S3/c1-49(2,3)47-30-36(32-15-11-8-12-16-32)38-28-34(18-20-40(38)52-47)33-17-19-39-37(27-33)35(31-13-9-7-10-14-31)29-41(51-39)42-21-22-43(53-42)44-23-24-45(54-44)46-25-26-48(55-46)50(4,5)6/h7-30H,1-6H3. The van der Waals surface area contributed by atoms with E-state index in [1.807, 2.05) is 34.0 Å². The number of aromatic nitrogens is 2. The summed E-state index contributed by atoms with van der Waals surface area (Å²) in [5.74, 6) is 0. The van der Waals surface area contributed by atoms with Gasteiger partial charge in [0.05, 0.1) is 21.6 Å². The third-order valence-electron chi connectivity index (χ3n) is 10.2. The number of hydrogen-bond acceptors (Lipinski definition) is 5. The highest BCUT2D eigenvalue weighted by Gasteiger charge is 2.21. The molecule has 0 aliphatic rings. The van der Waals surface area contributed by atoms with E-state index in [-0.39, 0.29) is 10.8 Å². The van der Waals surface area contributed by atoms with Gasteiger partial charge in [-0.3, -0.25) is 4.98 Å². The van der Waals surface area contributed by atoms with Crippen LogP contribution in [0.2, 0.25) is 0 Å². The highest BCUT2D eigenvalue weighted by atomic mass is 32.1. The third-order valence-corrected chi connectivity index (χ3v) is 14.3. The molecule has 9 rings (SSSR count). The molecule has 4 aromatic carbocycles. The average molecular weight is 767 g/mol. The van der Waals surface area contributed by atoms with Crippen LogP contribution in [0.4, 0.5) is 0 Å². The van der Waals surface area contributed by atoms with Crippen molar-refractivity contribution >= 4 is 55.8 Å². The number of fused-ring (bicyclic) bond motifs is 2. The molecule has 55 heavy (non-hydrogen) atoms. The number of thiophene rings is 3. The fourth-order valence-corrected chi connectivity index (χ4v) is 10.3. The molecule has 0 fully saturated rings. The van der Waals surface area contributed by atoms with Gasteiger partial charge < -0.3 is 0 Å². The molecule has 9 aromatic rings. The predicted molar refractivity (Wildman–Crippen MR) is 241 cm³/mol. The SMILES string of the molecule is CC(C)(C)c1cc(-c2ccccc2)c2cc(-c3ccc4nc(-c5ccc(-c6ccc(-c7ccc(C(C)(C)C)s7)s6)s5)cc(-c5ccccc5)c4c3)ccc2n1. The lowest BCUT2D eigenvalue weighted by molar-refractivity contribution is 0.572. The molecule has 0 unspecified atom stereocenters. The fourth-order valence-electron chi connectivity index (χ4n) is 7.12. The maximum atomic E-state index is 5.29. The first kappa shape index (κ1) is 35.5. The first-order valence-corrected chi connectivity index (χ1v) is 21.3. The topological polar surface area (TPSA) is 25.8 Å². The Kier molecular flexibility index (Phi) is 8.92. The minimum absolute atomic E-state index is 0.0620. The van der Waals surface area contributed by atoms with E-state index in [0.717, 1.165) is 44.3 Å². The molecular weight excluding hydrogens is 725 g/mol. The van der Waals surface area contributed by atoms with Crippen LogP contribution in [-0.4, -0.2) is 9.97 Å². The van der Waals surface area contributed by atoms with Crippen LogP contribution in [0.5, 0.6) is 0 Å². The van der Waals surface area contributed by atoms with Gasteiger partial charge in [0.15, 0.2) is 0 Å². The normalized spacial score (nSPS) is 12.2. The van der Waals surface area contributed by atoms with Crippen molar-refractivity contribution in [1.29, 1.82) is 0 Å². The largest absolute Gasteiger partial charge is 0.252 e. The van der Waals surface area contributed by atoms with E-state index < -0.39 is 0 Å². The van der Waals surface area contributed by atoms with Crippen LogP contribution in [0, 0.1) is 0 Å². The van der Waals surface area contributed by atoms with Crippen LogP contribution in [0.15, 0.2) is 146 Å². The second-order valence-corrected chi connectivity index (χ2v) is 19.5. The Morgan fingerprint density at radius 3 is 1.38 bits per heavy atom. The minimum atomic E-state index is -0.0620. The molecular formula is C50H42N2S3. The van der Waals surface area contributed by atoms with Crippen LogP contribution in [0.1, 0.15) is 52.1 Å². The summed E-state index contributed by atoms with van der Waals surface area (Å²) in [6.07, 6.45) is 0. The zero-order valence-electron chi connectivity index (χ0n) is 32.0. The molecule has 0 aliphatic carbocycles. The first-order chi connectivity index (χ1) is 26.5. The molecule has 0 bridgehead atoms. The molecule has 0 radical (unpaired) electrons. The van der Waals surface area contributed by atoms with E-state index in [0.29, 0.717) is 0 Å².